The van der Waals surface area contributed by atoms with Crippen molar-refractivity contribution in [3.8, 4) is 11.8 Å². The van der Waals surface area contributed by atoms with Crippen molar-refractivity contribution >= 4 is 0 Å². The fraction of sp³-hybridized carbons (Fsp3) is 0.562. The van der Waals surface area contributed by atoms with Crippen LogP contribution in [0.25, 0.3) is 0 Å². The third kappa shape index (κ3) is 4.84. The Kier molecular flexibility index (Phi) is 6.50. The van der Waals surface area contributed by atoms with E-state index in [-0.39, 0.29) is 0 Å². The number of nitriles is 1. The van der Waals surface area contributed by atoms with E-state index >= 15 is 0 Å². The molecule has 0 fully saturated rings. The Bertz CT molecular complexity index is 463. The second-order valence-electron chi connectivity index (χ2n) is 5.64. The molecular weight excluding hydrogens is 250 g/mol. The molecule has 1 atom stereocenters. The number of nitrogens with one attached hydrogen (secondary N) is 1. The number of benzene rings is 1. The topological polar surface area (TPSA) is 48.3 Å². The molecule has 0 aliphatic heterocycles. The van der Waals surface area contributed by atoms with Crippen molar-refractivity contribution in [1.29, 1.82) is 5.26 Å². The highest BCUT2D eigenvalue weighted by Crippen LogP contribution is 2.19. The van der Waals surface area contributed by atoms with Gasteiger partial charge in [-0.05, 0) is 37.7 Å². The summed E-state index contributed by atoms with van der Waals surface area (Å²) in [4.78, 5) is 2.19. The van der Waals surface area contributed by atoms with Crippen LogP contribution in [0.4, 0.5) is 0 Å². The molecule has 20 heavy (non-hydrogen) atoms. The SMILES string of the molecule is COc1cc(CNC(CN(C)C)C(C)C)ccc1C#N. The van der Waals surface area contributed by atoms with Crippen LogP contribution in [-0.2, 0) is 6.54 Å². The molecule has 0 radical (unpaired) electrons. The van der Waals surface area contributed by atoms with E-state index in [1.54, 1.807) is 7.11 Å². The molecule has 0 saturated carbocycles. The Balaban J connectivity index is 2.71. The maximum atomic E-state index is 8.98. The first-order valence-electron chi connectivity index (χ1n) is 6.93. The van der Waals surface area contributed by atoms with Gasteiger partial charge in [-0.2, -0.15) is 5.26 Å². The van der Waals surface area contributed by atoms with E-state index in [9.17, 15) is 0 Å². The molecule has 4 nitrogen and oxygen atoms in total. The largest absolute Gasteiger partial charge is 0.495 e. The maximum absolute atomic E-state index is 8.98. The predicted molar refractivity (Wildman–Crippen MR) is 81.7 cm³/mol. The van der Waals surface area contributed by atoms with Crippen LogP contribution < -0.4 is 10.1 Å². The molecule has 0 bridgehead atoms. The zero-order valence-electron chi connectivity index (χ0n) is 13.1. The first kappa shape index (κ1) is 16.5. The second kappa shape index (κ2) is 7.88. The van der Waals surface area contributed by atoms with E-state index in [0.29, 0.717) is 23.3 Å². The van der Waals surface area contributed by atoms with Crippen molar-refractivity contribution in [2.75, 3.05) is 27.7 Å². The highest BCUT2D eigenvalue weighted by atomic mass is 16.5. The minimum atomic E-state index is 0.437. The van der Waals surface area contributed by atoms with Gasteiger partial charge >= 0.3 is 0 Å². The number of hydrogen-bond acceptors (Lipinski definition) is 4. The van der Waals surface area contributed by atoms with Gasteiger partial charge in [-0.1, -0.05) is 19.9 Å². The van der Waals surface area contributed by atoms with E-state index in [1.165, 1.54) is 0 Å². The van der Waals surface area contributed by atoms with Crippen LogP contribution in [-0.4, -0.2) is 38.7 Å². The van der Waals surface area contributed by atoms with Crippen molar-refractivity contribution in [3.63, 3.8) is 0 Å². The summed E-state index contributed by atoms with van der Waals surface area (Å²) in [5.74, 6) is 1.21. The summed E-state index contributed by atoms with van der Waals surface area (Å²) < 4.78 is 5.24. The van der Waals surface area contributed by atoms with Gasteiger partial charge in [0.05, 0.1) is 12.7 Å². The molecule has 0 spiro atoms. The minimum absolute atomic E-state index is 0.437. The lowest BCUT2D eigenvalue weighted by atomic mass is 10.0. The summed E-state index contributed by atoms with van der Waals surface area (Å²) in [5.41, 5.74) is 1.70. The molecule has 1 rings (SSSR count). The third-order valence-electron chi connectivity index (χ3n) is 3.32. The summed E-state index contributed by atoms with van der Waals surface area (Å²) >= 11 is 0. The molecule has 0 aliphatic carbocycles. The van der Waals surface area contributed by atoms with E-state index in [4.69, 9.17) is 10.00 Å². The molecular formula is C16H25N3O. The lowest BCUT2D eigenvalue weighted by Crippen LogP contribution is -2.41. The maximum Gasteiger partial charge on any atom is 0.136 e. The molecule has 0 saturated heterocycles. The standard InChI is InChI=1S/C16H25N3O/c1-12(2)15(11-19(3)4)18-10-13-6-7-14(9-17)16(8-13)20-5/h6-8,12,15,18H,10-11H2,1-5H3. The first-order chi connectivity index (χ1) is 9.47. The van der Waals surface area contributed by atoms with E-state index in [2.05, 4.69) is 44.2 Å². The van der Waals surface area contributed by atoms with Crippen molar-refractivity contribution in [1.82, 2.24) is 10.2 Å². The van der Waals surface area contributed by atoms with Crippen molar-refractivity contribution in [2.45, 2.75) is 26.4 Å². The van der Waals surface area contributed by atoms with Gasteiger partial charge in [-0.15, -0.1) is 0 Å². The fourth-order valence-electron chi connectivity index (χ4n) is 2.09. The molecule has 0 aliphatic rings. The molecule has 110 valence electrons. The molecule has 0 amide bonds. The Morgan fingerprint density at radius 2 is 2.05 bits per heavy atom. The zero-order valence-corrected chi connectivity index (χ0v) is 13.1. The van der Waals surface area contributed by atoms with Crippen LogP contribution >= 0.6 is 0 Å². The van der Waals surface area contributed by atoms with Gasteiger partial charge in [0.1, 0.15) is 11.8 Å². The molecule has 1 unspecified atom stereocenters. The highest BCUT2D eigenvalue weighted by molar-refractivity contribution is 5.45. The van der Waals surface area contributed by atoms with Crippen LogP contribution in [0.1, 0.15) is 25.0 Å². The van der Waals surface area contributed by atoms with Gasteiger partial charge in [0.25, 0.3) is 0 Å². The van der Waals surface area contributed by atoms with Crippen molar-refractivity contribution < 1.29 is 4.74 Å². The van der Waals surface area contributed by atoms with E-state index < -0.39 is 0 Å². The van der Waals surface area contributed by atoms with Crippen LogP contribution in [0.15, 0.2) is 18.2 Å². The molecule has 1 N–H and O–H groups in total. The van der Waals surface area contributed by atoms with Gasteiger partial charge < -0.3 is 15.0 Å². The molecule has 0 heterocycles. The van der Waals surface area contributed by atoms with E-state index in [0.717, 1.165) is 18.7 Å². The molecule has 1 aromatic rings. The Morgan fingerprint density at radius 3 is 2.55 bits per heavy atom. The van der Waals surface area contributed by atoms with Gasteiger partial charge in [0.15, 0.2) is 0 Å². The average Bonchev–Trinajstić information content (AvgIpc) is 2.42. The summed E-state index contributed by atoms with van der Waals surface area (Å²) in [6.45, 7) is 6.23. The quantitative estimate of drug-likeness (QED) is 0.829. The van der Waals surface area contributed by atoms with Gasteiger partial charge in [0, 0.05) is 19.1 Å². The Hall–Kier alpha value is -1.57. The van der Waals surface area contributed by atoms with Gasteiger partial charge in [-0.3, -0.25) is 0 Å². The van der Waals surface area contributed by atoms with Gasteiger partial charge in [0.2, 0.25) is 0 Å². The average molecular weight is 275 g/mol. The smallest absolute Gasteiger partial charge is 0.136 e. The third-order valence-corrected chi connectivity index (χ3v) is 3.32. The lowest BCUT2D eigenvalue weighted by Gasteiger charge is -2.26. The molecule has 1 aromatic carbocycles. The normalized spacial score (nSPS) is 12.5. The van der Waals surface area contributed by atoms with Crippen LogP contribution in [0.5, 0.6) is 5.75 Å². The zero-order chi connectivity index (χ0) is 15.1. The lowest BCUT2D eigenvalue weighted by molar-refractivity contribution is 0.288. The van der Waals surface area contributed by atoms with Gasteiger partial charge in [-0.25, -0.2) is 0 Å². The highest BCUT2D eigenvalue weighted by Gasteiger charge is 2.14. The molecule has 0 aromatic heterocycles. The molecule has 4 heteroatoms. The number of rotatable bonds is 7. The fourth-order valence-corrected chi connectivity index (χ4v) is 2.09. The number of methoxy groups -OCH3 is 1. The number of hydrogen-bond donors (Lipinski definition) is 1. The number of ether oxygens (including phenoxy) is 1. The number of nitrogens with zero attached hydrogens (tertiary/aromatic N) is 2. The monoisotopic (exact) mass is 275 g/mol. The van der Waals surface area contributed by atoms with Crippen LogP contribution in [0.3, 0.4) is 0 Å². The second-order valence-corrected chi connectivity index (χ2v) is 5.64. The summed E-state index contributed by atoms with van der Waals surface area (Å²) in [6, 6.07) is 8.28. The summed E-state index contributed by atoms with van der Waals surface area (Å²) in [7, 11) is 5.76. The number of likely N-dealkylation sites (N-methyl/N-ethyl adjacent to an activating group) is 1. The van der Waals surface area contributed by atoms with E-state index in [1.807, 2.05) is 18.2 Å². The van der Waals surface area contributed by atoms with Crippen molar-refractivity contribution in [2.24, 2.45) is 5.92 Å². The predicted octanol–water partition coefficient (Wildman–Crippen LogP) is 2.24. The summed E-state index contributed by atoms with van der Waals surface area (Å²) in [5, 5.41) is 12.6. The summed E-state index contributed by atoms with van der Waals surface area (Å²) in [6.07, 6.45) is 0. The first-order valence-corrected chi connectivity index (χ1v) is 6.93. The van der Waals surface area contributed by atoms with Crippen LogP contribution in [0.2, 0.25) is 0 Å². The minimum Gasteiger partial charge on any atom is -0.495 e. The Labute approximate surface area is 122 Å². The van der Waals surface area contributed by atoms with Crippen molar-refractivity contribution in [3.05, 3.63) is 29.3 Å². The Morgan fingerprint density at radius 1 is 1.35 bits per heavy atom. The van der Waals surface area contributed by atoms with Crippen LogP contribution in [0, 0.1) is 17.2 Å².